The molecule has 0 N–H and O–H groups in total. The zero-order valence-corrected chi connectivity index (χ0v) is 47.0. The second-order valence-corrected chi connectivity index (χ2v) is 21.2. The average Bonchev–Trinajstić information content (AvgIpc) is 3.62. The monoisotopic (exact) mass is 1150 g/mol. The molecular formula is C75H46BrN9. The molecule has 4 heterocycles. The van der Waals surface area contributed by atoms with Gasteiger partial charge in [-0.2, -0.15) is 0 Å². The third-order valence-corrected chi connectivity index (χ3v) is 15.7. The molecule has 15 rings (SSSR count). The van der Waals surface area contributed by atoms with Gasteiger partial charge in [0.05, 0.1) is 17.6 Å². The molecule has 11 aromatic carbocycles. The van der Waals surface area contributed by atoms with Crippen LogP contribution in [0.3, 0.4) is 0 Å². The van der Waals surface area contributed by atoms with Gasteiger partial charge in [-0.25, -0.2) is 34.7 Å². The van der Waals surface area contributed by atoms with E-state index in [0.29, 0.717) is 40.6 Å². The molecule has 10 heteroatoms. The maximum atomic E-state index is 7.32. The van der Waals surface area contributed by atoms with Gasteiger partial charge in [0, 0.05) is 61.2 Å². The van der Waals surface area contributed by atoms with Crippen LogP contribution < -0.4 is 0 Å². The van der Waals surface area contributed by atoms with Crippen LogP contribution in [-0.2, 0) is 0 Å². The summed E-state index contributed by atoms with van der Waals surface area (Å²) in [4.78, 5) is 42.0. The topological polar surface area (TPSA) is 107 Å². The summed E-state index contributed by atoms with van der Waals surface area (Å²) < 4.78 is 1.10. The Kier molecular flexibility index (Phi) is 14.0. The number of fused-ring (bicyclic) bond motifs is 5. The normalized spacial score (nSPS) is 11.1. The number of nitrogens with zero attached hydrogens (tertiary/aromatic N) is 9. The van der Waals surface area contributed by atoms with E-state index in [1.807, 2.05) is 140 Å². The summed E-state index contributed by atoms with van der Waals surface area (Å²) >= 11 is 3.68. The van der Waals surface area contributed by atoms with Crippen molar-refractivity contribution in [3.63, 3.8) is 0 Å². The number of benzene rings is 11. The molecule has 0 saturated carbocycles. The van der Waals surface area contributed by atoms with E-state index >= 15 is 0 Å². The molecule has 0 saturated heterocycles. The quantitative estimate of drug-likeness (QED) is 0.104. The minimum atomic E-state index is 0.523. The van der Waals surface area contributed by atoms with E-state index < -0.39 is 0 Å². The molecule has 398 valence electrons. The van der Waals surface area contributed by atoms with E-state index in [9.17, 15) is 0 Å². The number of hydrogen-bond acceptors (Lipinski definition) is 8. The van der Waals surface area contributed by atoms with Gasteiger partial charge in [0.25, 0.3) is 0 Å². The summed E-state index contributed by atoms with van der Waals surface area (Å²) in [5.41, 5.74) is 14.6. The first-order valence-corrected chi connectivity index (χ1v) is 28.5. The summed E-state index contributed by atoms with van der Waals surface area (Å²) in [5.74, 6) is 3.90. The van der Waals surface area contributed by atoms with E-state index in [4.69, 9.17) is 41.5 Å². The van der Waals surface area contributed by atoms with Crippen molar-refractivity contribution in [2.75, 3.05) is 0 Å². The van der Waals surface area contributed by atoms with Crippen LogP contribution in [0, 0.1) is 6.57 Å². The fourth-order valence-corrected chi connectivity index (χ4v) is 11.3. The van der Waals surface area contributed by atoms with Gasteiger partial charge in [0.2, 0.25) is 5.69 Å². The molecular weight excluding hydrogens is 1110 g/mol. The van der Waals surface area contributed by atoms with Crippen molar-refractivity contribution >= 4 is 65.0 Å². The summed E-state index contributed by atoms with van der Waals surface area (Å²) in [6.45, 7) is 7.32. The molecule has 15 aromatic rings. The minimum absolute atomic E-state index is 0.523. The van der Waals surface area contributed by atoms with Crippen LogP contribution in [0.4, 0.5) is 5.69 Å². The van der Waals surface area contributed by atoms with Crippen LogP contribution in [0.2, 0.25) is 0 Å². The van der Waals surface area contributed by atoms with Gasteiger partial charge in [0.15, 0.2) is 34.9 Å². The number of halogens is 1. The van der Waals surface area contributed by atoms with E-state index in [1.165, 1.54) is 16.3 Å². The van der Waals surface area contributed by atoms with Gasteiger partial charge >= 0.3 is 0 Å². The van der Waals surface area contributed by atoms with Crippen LogP contribution in [0.5, 0.6) is 0 Å². The van der Waals surface area contributed by atoms with Crippen LogP contribution in [0.15, 0.2) is 284 Å². The molecule has 0 bridgehead atoms. The maximum absolute atomic E-state index is 7.32. The van der Waals surface area contributed by atoms with Gasteiger partial charge in [-0.1, -0.05) is 265 Å². The molecule has 0 aliphatic rings. The SMILES string of the molecule is Brc1ccc(-c2ccc(-c3nc(-c4ccccc4)nc(-c4ccccc4)n3)cc2)c2ccccc12.[C-]#[N+]c1cnc2c(ccc3cc(-c4ccc(-c5ccc(-c6nc(-c7ccccc7)nc(-c7ccccc7)n6)cc5)c5ccccc45)cnc32)c1. The highest BCUT2D eigenvalue weighted by atomic mass is 79.9. The summed E-state index contributed by atoms with van der Waals surface area (Å²) in [5, 5.41) is 6.64. The van der Waals surface area contributed by atoms with E-state index in [0.717, 1.165) is 98.2 Å². The summed E-state index contributed by atoms with van der Waals surface area (Å²) in [6, 6.07) is 90.7. The highest BCUT2D eigenvalue weighted by Crippen LogP contribution is 2.39. The second-order valence-electron chi connectivity index (χ2n) is 20.3. The van der Waals surface area contributed by atoms with Crippen molar-refractivity contribution in [2.24, 2.45) is 0 Å². The van der Waals surface area contributed by atoms with Crippen molar-refractivity contribution in [2.45, 2.75) is 0 Å². The van der Waals surface area contributed by atoms with Crippen LogP contribution in [0.1, 0.15) is 0 Å². The zero-order chi connectivity index (χ0) is 57.1. The van der Waals surface area contributed by atoms with E-state index in [1.54, 1.807) is 6.20 Å². The van der Waals surface area contributed by atoms with Gasteiger partial charge in [-0.15, -0.1) is 0 Å². The molecule has 0 aliphatic carbocycles. The Morgan fingerprint density at radius 2 is 0.576 bits per heavy atom. The molecule has 0 atom stereocenters. The fraction of sp³-hybridized carbons (Fsp3) is 0. The molecule has 0 amide bonds. The molecule has 0 fully saturated rings. The first kappa shape index (κ1) is 51.9. The number of pyridine rings is 2. The van der Waals surface area contributed by atoms with Gasteiger partial charge in [-0.3, -0.25) is 9.97 Å². The highest BCUT2D eigenvalue weighted by Gasteiger charge is 2.17. The van der Waals surface area contributed by atoms with Crippen molar-refractivity contribution in [1.82, 2.24) is 39.9 Å². The predicted molar refractivity (Wildman–Crippen MR) is 348 cm³/mol. The fourth-order valence-electron chi connectivity index (χ4n) is 10.8. The minimum Gasteiger partial charge on any atom is -0.266 e. The second kappa shape index (κ2) is 22.9. The van der Waals surface area contributed by atoms with E-state index in [-0.39, 0.29) is 0 Å². The number of aromatic nitrogens is 8. The lowest BCUT2D eigenvalue weighted by Crippen LogP contribution is -2.00. The van der Waals surface area contributed by atoms with Crippen LogP contribution >= 0.6 is 15.9 Å². The first-order valence-electron chi connectivity index (χ1n) is 27.7. The Bertz CT molecular complexity index is 4890. The zero-order valence-electron chi connectivity index (χ0n) is 45.5. The molecule has 9 nitrogen and oxygen atoms in total. The van der Waals surface area contributed by atoms with Gasteiger partial charge in [-0.05, 0) is 72.9 Å². The lowest BCUT2D eigenvalue weighted by molar-refractivity contribution is 1.07. The van der Waals surface area contributed by atoms with Crippen molar-refractivity contribution in [3.8, 4) is 102 Å². The first-order chi connectivity index (χ1) is 42.0. The standard InChI is InChI=1S/C44H26N6.C31H20BrN3/c1-45-35-25-33-21-20-32-24-34(26-46-40(32)41(33)47-27-35)37-23-22-36(38-14-8-9-15-39(37)38)28-16-18-31(19-17-28)44-49-42(29-10-4-2-5-11-29)48-43(50-44)30-12-6-3-7-13-30;32-28-20-19-25(26-13-7-8-14-27(26)28)21-15-17-24(18-16-21)31-34-29(22-9-3-1-4-10-22)33-30(35-31)23-11-5-2-6-12-23/h2-27H;1-20H. The van der Waals surface area contributed by atoms with Crippen molar-refractivity contribution in [3.05, 3.63) is 295 Å². The average molecular weight is 1150 g/mol. The Balaban J connectivity index is 0.000000161. The lowest BCUT2D eigenvalue weighted by Gasteiger charge is -2.13. The number of hydrogen-bond donors (Lipinski definition) is 0. The van der Waals surface area contributed by atoms with Crippen molar-refractivity contribution in [1.29, 1.82) is 0 Å². The third kappa shape index (κ3) is 10.6. The van der Waals surface area contributed by atoms with Gasteiger partial charge in [0.1, 0.15) is 0 Å². The van der Waals surface area contributed by atoms with Crippen LogP contribution in [-0.4, -0.2) is 39.9 Å². The van der Waals surface area contributed by atoms with Crippen LogP contribution in [0.25, 0.3) is 150 Å². The Morgan fingerprint density at radius 3 is 0.976 bits per heavy atom. The highest BCUT2D eigenvalue weighted by molar-refractivity contribution is 9.10. The van der Waals surface area contributed by atoms with Crippen molar-refractivity contribution < 1.29 is 0 Å². The Labute approximate surface area is 498 Å². The molecule has 4 aromatic heterocycles. The summed E-state index contributed by atoms with van der Waals surface area (Å²) in [7, 11) is 0. The largest absolute Gasteiger partial charge is 0.266 e. The molecule has 85 heavy (non-hydrogen) atoms. The maximum Gasteiger partial charge on any atom is 0.205 e. The summed E-state index contributed by atoms with van der Waals surface area (Å²) in [6.07, 6.45) is 3.53. The predicted octanol–water partition coefficient (Wildman–Crippen LogP) is 19.5. The third-order valence-electron chi connectivity index (χ3n) is 15.0. The van der Waals surface area contributed by atoms with Gasteiger partial charge < -0.3 is 0 Å². The molecule has 0 radical (unpaired) electrons. The molecule has 0 spiro atoms. The van der Waals surface area contributed by atoms with E-state index in [2.05, 4.69) is 159 Å². The molecule has 0 unspecified atom stereocenters. The lowest BCUT2D eigenvalue weighted by atomic mass is 9.92. The smallest absolute Gasteiger partial charge is 0.205 e. The Morgan fingerprint density at radius 1 is 0.271 bits per heavy atom. The number of rotatable bonds is 9. The Hall–Kier alpha value is -11.3. The molecule has 0 aliphatic heterocycles.